The summed E-state index contributed by atoms with van der Waals surface area (Å²) in [4.78, 5) is 43.2. The van der Waals surface area contributed by atoms with Gasteiger partial charge < -0.3 is 24.4 Å². The molecule has 2 rings (SSSR count). The molecule has 0 bridgehead atoms. The van der Waals surface area contributed by atoms with E-state index in [1.165, 1.54) is 0 Å². The maximum absolute atomic E-state index is 11.9. The quantitative estimate of drug-likeness (QED) is 0.335. The summed E-state index contributed by atoms with van der Waals surface area (Å²) >= 11 is 2.93. The average Bonchev–Trinajstić information content (AvgIpc) is 2.76. The van der Waals surface area contributed by atoms with Crippen molar-refractivity contribution in [1.29, 1.82) is 0 Å². The first-order valence-corrected chi connectivity index (χ1v) is 8.77. The van der Waals surface area contributed by atoms with Gasteiger partial charge in [-0.15, -0.1) is 0 Å². The second-order valence-electron chi connectivity index (χ2n) is 4.76. The van der Waals surface area contributed by atoms with E-state index in [1.54, 1.807) is 0 Å². The van der Waals surface area contributed by atoms with Gasteiger partial charge in [0.15, 0.2) is 6.23 Å². The van der Waals surface area contributed by atoms with Gasteiger partial charge in [-0.05, 0) is 15.9 Å². The molecular formula is C11H14BrN2O9P. The highest BCUT2D eigenvalue weighted by Crippen LogP contribution is 2.43. The largest absolute Gasteiger partial charge is 0.499 e. The minimum Gasteiger partial charge on any atom is -0.499 e. The Bertz CT molecular complexity index is 771. The van der Waals surface area contributed by atoms with Crippen LogP contribution in [0.15, 0.2) is 33.1 Å². The number of H-pyrrole nitrogens is 1. The molecule has 2 heterocycles. The number of nitrogens with zero attached hydrogens (tertiary/aromatic N) is 1. The normalized spacial score (nSPS) is 27.2. The lowest BCUT2D eigenvalue weighted by atomic mass is 10.1. The van der Waals surface area contributed by atoms with Crippen molar-refractivity contribution in [3.63, 3.8) is 0 Å². The maximum atomic E-state index is 11.9. The van der Waals surface area contributed by atoms with Crippen LogP contribution >= 0.6 is 23.8 Å². The lowest BCUT2D eigenvalue weighted by Crippen LogP contribution is -2.39. The van der Waals surface area contributed by atoms with Crippen LogP contribution in [-0.4, -0.2) is 49.4 Å². The Balaban J connectivity index is 2.37. The van der Waals surface area contributed by atoms with Gasteiger partial charge >= 0.3 is 13.5 Å². The molecule has 13 heteroatoms. The number of aliphatic hydroxyl groups excluding tert-OH is 1. The molecule has 0 amide bonds. The fraction of sp³-hybridized carbons (Fsp3) is 0.455. The van der Waals surface area contributed by atoms with E-state index in [0.29, 0.717) is 0 Å². The molecule has 4 atom stereocenters. The van der Waals surface area contributed by atoms with Gasteiger partial charge in [0, 0.05) is 6.20 Å². The Kier molecular flexibility index (Phi) is 5.81. The molecule has 24 heavy (non-hydrogen) atoms. The summed E-state index contributed by atoms with van der Waals surface area (Å²) in [5.74, 6) is 0. The van der Waals surface area contributed by atoms with Crippen LogP contribution in [0.4, 0.5) is 0 Å². The van der Waals surface area contributed by atoms with Crippen molar-refractivity contribution < 1.29 is 33.5 Å². The van der Waals surface area contributed by atoms with Crippen molar-refractivity contribution in [2.45, 2.75) is 24.5 Å². The summed E-state index contributed by atoms with van der Waals surface area (Å²) in [5, 5.41) is 10.3. The molecule has 0 saturated carbocycles. The number of aromatic amines is 1. The van der Waals surface area contributed by atoms with Crippen molar-refractivity contribution >= 4 is 23.8 Å². The van der Waals surface area contributed by atoms with Crippen LogP contribution in [0.5, 0.6) is 0 Å². The number of rotatable bonds is 6. The number of halogens is 1. The van der Waals surface area contributed by atoms with Crippen molar-refractivity contribution in [2.24, 2.45) is 0 Å². The molecule has 0 spiro atoms. The van der Waals surface area contributed by atoms with Gasteiger partial charge in [-0.2, -0.15) is 0 Å². The summed E-state index contributed by atoms with van der Waals surface area (Å²) in [6.45, 7) is 3.08. The first kappa shape index (κ1) is 19.1. The standard InChI is InChI=1S/C11H14BrN2O9P/c1-2-21-4-6-8(23-24(18,19)20)7(15)10(22-6)14-3-5(12)9(16)13-11(14)17/h2-3,6-8,10,15H,1,4H2,(H,13,16,17)(H2,18,19,20)/t6-,7-,8-,10-/m1/s1. The van der Waals surface area contributed by atoms with E-state index in [9.17, 15) is 19.3 Å². The molecule has 134 valence electrons. The SMILES string of the molecule is C=COC[C@H]1O[C@@H](n2cc(Br)c(=O)[nH]c2=O)[C@H](O)[C@@H]1OP(=O)(O)O. The zero-order chi connectivity index (χ0) is 18.1. The lowest BCUT2D eigenvalue weighted by Gasteiger charge is -2.20. The fourth-order valence-corrected chi connectivity index (χ4v) is 3.08. The van der Waals surface area contributed by atoms with Crippen LogP contribution in [0, 0.1) is 0 Å². The number of aliphatic hydroxyl groups is 1. The second kappa shape index (κ2) is 7.31. The highest BCUT2D eigenvalue weighted by Gasteiger charge is 2.48. The van der Waals surface area contributed by atoms with E-state index in [1.807, 2.05) is 4.98 Å². The van der Waals surface area contributed by atoms with Gasteiger partial charge in [-0.25, -0.2) is 9.36 Å². The molecular weight excluding hydrogens is 415 g/mol. The van der Waals surface area contributed by atoms with Gasteiger partial charge in [0.2, 0.25) is 0 Å². The molecule has 1 aliphatic heterocycles. The van der Waals surface area contributed by atoms with Crippen LogP contribution < -0.4 is 11.2 Å². The number of phosphoric acid groups is 1. The smallest absolute Gasteiger partial charge is 0.470 e. The van der Waals surface area contributed by atoms with Crippen LogP contribution in [0.3, 0.4) is 0 Å². The van der Waals surface area contributed by atoms with Gasteiger partial charge in [0.25, 0.3) is 5.56 Å². The number of phosphoric ester groups is 1. The highest BCUT2D eigenvalue weighted by atomic mass is 79.9. The second-order valence-corrected chi connectivity index (χ2v) is 6.81. The number of hydrogen-bond acceptors (Lipinski definition) is 7. The predicted molar refractivity (Wildman–Crippen MR) is 82.0 cm³/mol. The van der Waals surface area contributed by atoms with Crippen LogP contribution in [0.1, 0.15) is 6.23 Å². The van der Waals surface area contributed by atoms with Crippen molar-refractivity contribution in [2.75, 3.05) is 6.61 Å². The Morgan fingerprint density at radius 2 is 2.17 bits per heavy atom. The van der Waals surface area contributed by atoms with E-state index >= 15 is 0 Å². The van der Waals surface area contributed by atoms with E-state index in [-0.39, 0.29) is 11.1 Å². The molecule has 1 aromatic heterocycles. The van der Waals surface area contributed by atoms with Gasteiger partial charge in [0.05, 0.1) is 10.7 Å². The molecule has 1 saturated heterocycles. The fourth-order valence-electron chi connectivity index (χ4n) is 2.18. The van der Waals surface area contributed by atoms with Crippen molar-refractivity contribution in [3.05, 3.63) is 44.3 Å². The summed E-state index contributed by atoms with van der Waals surface area (Å²) in [6, 6.07) is 0. The maximum Gasteiger partial charge on any atom is 0.470 e. The molecule has 4 N–H and O–H groups in total. The average molecular weight is 429 g/mol. The zero-order valence-electron chi connectivity index (χ0n) is 11.9. The highest BCUT2D eigenvalue weighted by molar-refractivity contribution is 9.10. The summed E-state index contributed by atoms with van der Waals surface area (Å²) in [6.07, 6.45) is -3.41. The van der Waals surface area contributed by atoms with Crippen LogP contribution in [0.25, 0.3) is 0 Å². The monoisotopic (exact) mass is 428 g/mol. The van der Waals surface area contributed by atoms with E-state index in [2.05, 4.69) is 27.0 Å². The van der Waals surface area contributed by atoms with Crippen molar-refractivity contribution in [3.8, 4) is 0 Å². The van der Waals surface area contributed by atoms with E-state index in [4.69, 9.17) is 19.3 Å². The summed E-state index contributed by atoms with van der Waals surface area (Å²) in [5.41, 5.74) is -1.56. The lowest BCUT2D eigenvalue weighted by molar-refractivity contribution is -0.0567. The number of hydrogen-bond donors (Lipinski definition) is 4. The number of nitrogens with one attached hydrogen (secondary N) is 1. The zero-order valence-corrected chi connectivity index (χ0v) is 14.4. The Labute approximate surface area is 142 Å². The molecule has 0 radical (unpaired) electrons. The number of ether oxygens (including phenoxy) is 2. The molecule has 1 aliphatic rings. The Morgan fingerprint density at radius 3 is 2.75 bits per heavy atom. The van der Waals surface area contributed by atoms with Crippen molar-refractivity contribution in [1.82, 2.24) is 9.55 Å². The Hall–Kier alpha value is -1.27. The first-order valence-electron chi connectivity index (χ1n) is 6.45. The van der Waals surface area contributed by atoms with E-state index in [0.717, 1.165) is 17.0 Å². The summed E-state index contributed by atoms with van der Waals surface area (Å²) < 4.78 is 26.8. The molecule has 0 aromatic carbocycles. The first-order chi connectivity index (χ1) is 11.1. The van der Waals surface area contributed by atoms with Crippen LogP contribution in [-0.2, 0) is 18.6 Å². The van der Waals surface area contributed by atoms with Crippen LogP contribution in [0.2, 0.25) is 0 Å². The van der Waals surface area contributed by atoms with Gasteiger partial charge in [0.1, 0.15) is 24.9 Å². The minimum atomic E-state index is -4.94. The predicted octanol–water partition coefficient (Wildman–Crippen LogP) is -0.805. The molecule has 0 unspecified atom stereocenters. The summed E-state index contributed by atoms with van der Waals surface area (Å²) in [7, 11) is -4.94. The van der Waals surface area contributed by atoms with Gasteiger partial charge in [-0.1, -0.05) is 6.58 Å². The Morgan fingerprint density at radius 1 is 1.50 bits per heavy atom. The number of aromatic nitrogens is 2. The topological polar surface area (TPSA) is 160 Å². The minimum absolute atomic E-state index is 0.00357. The van der Waals surface area contributed by atoms with E-state index < -0.39 is 43.6 Å². The molecule has 0 aliphatic carbocycles. The molecule has 1 fully saturated rings. The third kappa shape index (κ3) is 4.22. The third-order valence-electron chi connectivity index (χ3n) is 3.15. The third-order valence-corrected chi connectivity index (χ3v) is 4.23. The molecule has 11 nitrogen and oxygen atoms in total. The van der Waals surface area contributed by atoms with Gasteiger partial charge in [-0.3, -0.25) is 18.9 Å². The molecule has 1 aromatic rings.